The van der Waals surface area contributed by atoms with E-state index in [9.17, 15) is 0 Å². The Labute approximate surface area is 127 Å². The summed E-state index contributed by atoms with van der Waals surface area (Å²) >= 11 is 8.92. The third kappa shape index (κ3) is 3.46. The van der Waals surface area contributed by atoms with Crippen LogP contribution >= 0.6 is 28.1 Å². The molecule has 2 rings (SSSR count). The molecule has 0 bridgehead atoms. The number of benzene rings is 1. The van der Waals surface area contributed by atoms with E-state index in [1.54, 1.807) is 7.11 Å². The number of imidazole rings is 1. The number of halogens is 1. The van der Waals surface area contributed by atoms with E-state index in [1.165, 1.54) is 0 Å². The van der Waals surface area contributed by atoms with Gasteiger partial charge < -0.3 is 14.3 Å². The number of nitrogens with zero attached hydrogens (tertiary/aromatic N) is 1. The van der Waals surface area contributed by atoms with E-state index in [4.69, 9.17) is 17.0 Å². The van der Waals surface area contributed by atoms with Crippen LogP contribution in [0.3, 0.4) is 0 Å². The van der Waals surface area contributed by atoms with Crippen LogP contribution in [0.15, 0.2) is 22.7 Å². The number of fused-ring (bicyclic) bond motifs is 1. The number of hydrogen-bond donors (Lipinski definition) is 1. The molecule has 3 nitrogen and oxygen atoms in total. The second-order valence-corrected chi connectivity index (χ2v) is 6.89. The van der Waals surface area contributed by atoms with Gasteiger partial charge in [0.2, 0.25) is 0 Å². The molecule has 1 aromatic carbocycles. The van der Waals surface area contributed by atoms with Gasteiger partial charge in [-0.3, -0.25) is 0 Å². The lowest BCUT2D eigenvalue weighted by molar-refractivity contribution is 0.143. The van der Waals surface area contributed by atoms with Crippen molar-refractivity contribution < 1.29 is 4.74 Å². The van der Waals surface area contributed by atoms with Gasteiger partial charge in [0.25, 0.3) is 0 Å². The van der Waals surface area contributed by atoms with Crippen molar-refractivity contribution in [2.45, 2.75) is 26.8 Å². The van der Waals surface area contributed by atoms with Crippen LogP contribution in [0.4, 0.5) is 0 Å². The van der Waals surface area contributed by atoms with E-state index in [1.807, 2.05) is 6.07 Å². The molecule has 5 heteroatoms. The molecule has 1 heterocycles. The highest BCUT2D eigenvalue weighted by atomic mass is 79.9. The number of aromatic amines is 1. The number of hydrogen-bond acceptors (Lipinski definition) is 2. The molecule has 0 fully saturated rings. The monoisotopic (exact) mass is 342 g/mol. The molecular formula is C14H19BrN2OS. The van der Waals surface area contributed by atoms with E-state index >= 15 is 0 Å². The van der Waals surface area contributed by atoms with Gasteiger partial charge in [-0.2, -0.15) is 0 Å². The third-order valence-corrected chi connectivity index (χ3v) is 4.12. The van der Waals surface area contributed by atoms with Crippen molar-refractivity contribution in [1.82, 2.24) is 9.55 Å². The molecule has 2 aromatic rings. The molecule has 0 spiro atoms. The fourth-order valence-electron chi connectivity index (χ4n) is 2.18. The molecular weight excluding hydrogens is 324 g/mol. The summed E-state index contributed by atoms with van der Waals surface area (Å²) in [7, 11) is 1.74. The summed E-state index contributed by atoms with van der Waals surface area (Å²) in [5, 5.41) is 0. The Kier molecular flexibility index (Phi) is 4.48. The van der Waals surface area contributed by atoms with Crippen molar-refractivity contribution in [1.29, 1.82) is 0 Å². The molecule has 104 valence electrons. The van der Waals surface area contributed by atoms with Gasteiger partial charge in [0.1, 0.15) is 0 Å². The van der Waals surface area contributed by atoms with E-state index in [0.29, 0.717) is 0 Å². The van der Waals surface area contributed by atoms with Crippen LogP contribution < -0.4 is 0 Å². The van der Waals surface area contributed by atoms with E-state index in [2.05, 4.69) is 51.5 Å². The molecule has 1 aromatic heterocycles. The average molecular weight is 343 g/mol. The van der Waals surface area contributed by atoms with Crippen molar-refractivity contribution >= 4 is 39.2 Å². The first-order valence-electron chi connectivity index (χ1n) is 6.30. The van der Waals surface area contributed by atoms with Crippen LogP contribution in [0.5, 0.6) is 0 Å². The standard InChI is InChI=1S/C14H19BrN2OS/c1-14(2,6-7-18-3)9-17-12-5-4-10(15)8-11(12)16-13(17)19/h4-5,8H,6-7,9H2,1-3H3,(H,16,19). The second-order valence-electron chi connectivity index (χ2n) is 5.58. The zero-order chi connectivity index (χ0) is 14.0. The maximum atomic E-state index is 5.44. The quantitative estimate of drug-likeness (QED) is 0.809. The molecule has 19 heavy (non-hydrogen) atoms. The van der Waals surface area contributed by atoms with Crippen molar-refractivity contribution in [3.8, 4) is 0 Å². The molecule has 0 aliphatic heterocycles. The maximum absolute atomic E-state index is 5.44. The second kappa shape index (κ2) is 5.77. The van der Waals surface area contributed by atoms with Gasteiger partial charge in [-0.1, -0.05) is 29.8 Å². The van der Waals surface area contributed by atoms with Crippen LogP contribution in [-0.4, -0.2) is 23.3 Å². The lowest BCUT2D eigenvalue weighted by Crippen LogP contribution is -2.21. The fraction of sp³-hybridized carbons (Fsp3) is 0.500. The van der Waals surface area contributed by atoms with Crippen molar-refractivity contribution in [3.63, 3.8) is 0 Å². The van der Waals surface area contributed by atoms with Gasteiger partial charge in [0.05, 0.1) is 11.0 Å². The van der Waals surface area contributed by atoms with E-state index < -0.39 is 0 Å². The van der Waals surface area contributed by atoms with Crippen LogP contribution in [0.1, 0.15) is 20.3 Å². The zero-order valence-electron chi connectivity index (χ0n) is 11.5. The van der Waals surface area contributed by atoms with E-state index in [-0.39, 0.29) is 5.41 Å². The number of H-pyrrole nitrogens is 1. The molecule has 0 radical (unpaired) electrons. The summed E-state index contributed by atoms with van der Waals surface area (Å²) < 4.78 is 9.19. The summed E-state index contributed by atoms with van der Waals surface area (Å²) in [6.45, 7) is 6.14. The number of methoxy groups -OCH3 is 1. The van der Waals surface area contributed by atoms with Crippen LogP contribution in [0.25, 0.3) is 11.0 Å². The number of aromatic nitrogens is 2. The first kappa shape index (κ1) is 14.8. The Bertz CT molecular complexity index is 630. The van der Waals surface area contributed by atoms with Gasteiger partial charge in [-0.15, -0.1) is 0 Å². The summed E-state index contributed by atoms with van der Waals surface area (Å²) in [6.07, 6.45) is 1.01. The van der Waals surface area contributed by atoms with Crippen LogP contribution in [0.2, 0.25) is 0 Å². The molecule has 0 aliphatic carbocycles. The van der Waals surface area contributed by atoms with Gasteiger partial charge in [0.15, 0.2) is 4.77 Å². The smallest absolute Gasteiger partial charge is 0.178 e. The van der Waals surface area contributed by atoms with Crippen molar-refractivity contribution in [2.75, 3.05) is 13.7 Å². The predicted molar refractivity (Wildman–Crippen MR) is 85.1 cm³/mol. The minimum absolute atomic E-state index is 0.149. The molecule has 0 saturated carbocycles. The first-order chi connectivity index (χ1) is 8.93. The Morgan fingerprint density at radius 3 is 2.84 bits per heavy atom. The maximum Gasteiger partial charge on any atom is 0.178 e. The summed E-state index contributed by atoms with van der Waals surface area (Å²) in [5.74, 6) is 0. The fourth-order valence-corrected chi connectivity index (χ4v) is 2.81. The minimum atomic E-state index is 0.149. The lowest BCUT2D eigenvalue weighted by atomic mass is 9.89. The largest absolute Gasteiger partial charge is 0.385 e. The van der Waals surface area contributed by atoms with Crippen LogP contribution in [-0.2, 0) is 11.3 Å². The summed E-state index contributed by atoms with van der Waals surface area (Å²) in [6, 6.07) is 6.20. The minimum Gasteiger partial charge on any atom is -0.385 e. The number of rotatable bonds is 5. The molecule has 1 N–H and O–H groups in total. The molecule has 0 atom stereocenters. The molecule has 0 saturated heterocycles. The highest BCUT2D eigenvalue weighted by Gasteiger charge is 2.20. The van der Waals surface area contributed by atoms with Gasteiger partial charge in [0, 0.05) is 24.7 Å². The average Bonchev–Trinajstić information content (AvgIpc) is 2.62. The Morgan fingerprint density at radius 1 is 1.42 bits per heavy atom. The first-order valence-corrected chi connectivity index (χ1v) is 7.50. The Hall–Kier alpha value is -0.650. The highest BCUT2D eigenvalue weighted by Crippen LogP contribution is 2.27. The summed E-state index contributed by atoms with van der Waals surface area (Å²) in [5.41, 5.74) is 2.37. The van der Waals surface area contributed by atoms with Gasteiger partial charge in [-0.25, -0.2) is 0 Å². The zero-order valence-corrected chi connectivity index (χ0v) is 13.9. The van der Waals surface area contributed by atoms with Crippen molar-refractivity contribution in [3.05, 3.63) is 27.4 Å². The normalized spacial score (nSPS) is 12.2. The van der Waals surface area contributed by atoms with Gasteiger partial charge in [-0.05, 0) is 42.3 Å². The van der Waals surface area contributed by atoms with Gasteiger partial charge >= 0.3 is 0 Å². The Morgan fingerprint density at radius 2 is 2.16 bits per heavy atom. The van der Waals surface area contributed by atoms with Crippen LogP contribution in [0, 0.1) is 10.2 Å². The van der Waals surface area contributed by atoms with Crippen molar-refractivity contribution in [2.24, 2.45) is 5.41 Å². The molecule has 0 aliphatic rings. The van der Waals surface area contributed by atoms with E-state index in [0.717, 1.165) is 39.8 Å². The number of ether oxygens (including phenoxy) is 1. The summed E-state index contributed by atoms with van der Waals surface area (Å²) in [4.78, 5) is 3.26. The predicted octanol–water partition coefficient (Wildman–Crippen LogP) is 4.52. The lowest BCUT2D eigenvalue weighted by Gasteiger charge is -2.25. The third-order valence-electron chi connectivity index (χ3n) is 3.31. The Balaban J connectivity index is 2.35. The molecule has 0 amide bonds. The molecule has 0 unspecified atom stereocenters. The SMILES string of the molecule is COCCC(C)(C)Cn1c(=S)[nH]c2cc(Br)ccc21. The highest BCUT2D eigenvalue weighted by molar-refractivity contribution is 9.10. The number of nitrogens with one attached hydrogen (secondary N) is 1. The topological polar surface area (TPSA) is 29.9 Å².